The van der Waals surface area contributed by atoms with Crippen molar-refractivity contribution in [1.82, 2.24) is 4.90 Å². The lowest BCUT2D eigenvalue weighted by Gasteiger charge is -2.21. The highest BCUT2D eigenvalue weighted by atomic mass is 32.1. The largest absolute Gasteiger partial charge is 0.341 e. The Morgan fingerprint density at radius 3 is 3.18 bits per heavy atom. The topological polar surface area (TPSA) is 20.3 Å². The first-order chi connectivity index (χ1) is 5.29. The number of nitrogens with zero attached hydrogens (tertiary/aromatic N) is 1. The molecular weight excluding hydrogens is 158 g/mol. The minimum atomic E-state index is 0.174. The van der Waals surface area contributed by atoms with Gasteiger partial charge < -0.3 is 4.90 Å². The molecule has 0 saturated heterocycles. The van der Waals surface area contributed by atoms with E-state index in [0.29, 0.717) is 0 Å². The van der Waals surface area contributed by atoms with Crippen molar-refractivity contribution >= 4 is 17.2 Å². The Hall–Kier alpha value is -0.830. The molecule has 1 amide bonds. The van der Waals surface area contributed by atoms with Gasteiger partial charge in [-0.15, -0.1) is 0 Å². The van der Waals surface area contributed by atoms with Crippen LogP contribution in [-0.2, 0) is 6.42 Å². The maximum absolute atomic E-state index is 11.4. The van der Waals surface area contributed by atoms with Gasteiger partial charge >= 0.3 is 0 Å². The third-order valence-electron chi connectivity index (χ3n) is 2.04. The van der Waals surface area contributed by atoms with Crippen LogP contribution in [0.3, 0.4) is 0 Å². The summed E-state index contributed by atoms with van der Waals surface area (Å²) in [6.45, 7) is 0.864. The van der Waals surface area contributed by atoms with Crippen molar-refractivity contribution in [3.05, 3.63) is 21.9 Å². The summed E-state index contributed by atoms with van der Waals surface area (Å²) >= 11 is 1.61. The maximum Gasteiger partial charge on any atom is 0.254 e. The van der Waals surface area contributed by atoms with Crippen molar-refractivity contribution in [1.29, 1.82) is 0 Å². The molecule has 2 nitrogen and oxygen atoms in total. The minimum absolute atomic E-state index is 0.174. The first-order valence-corrected chi connectivity index (χ1v) is 4.54. The lowest BCUT2D eigenvalue weighted by molar-refractivity contribution is 0.0782. The molecule has 0 spiro atoms. The molecule has 0 radical (unpaired) electrons. The first kappa shape index (κ1) is 6.85. The summed E-state index contributed by atoms with van der Waals surface area (Å²) in [6.07, 6.45) is 1.01. The van der Waals surface area contributed by atoms with Crippen molar-refractivity contribution < 1.29 is 4.79 Å². The summed E-state index contributed by atoms with van der Waals surface area (Å²) in [4.78, 5) is 13.2. The number of hydrogen-bond donors (Lipinski definition) is 0. The predicted octanol–water partition coefficient (Wildman–Crippen LogP) is 1.38. The average Bonchev–Trinajstić information content (AvgIpc) is 2.45. The Morgan fingerprint density at radius 2 is 2.36 bits per heavy atom. The van der Waals surface area contributed by atoms with E-state index in [1.54, 1.807) is 16.2 Å². The van der Waals surface area contributed by atoms with Gasteiger partial charge in [-0.05, 0) is 17.4 Å². The van der Waals surface area contributed by atoms with Gasteiger partial charge in [0.15, 0.2) is 0 Å². The number of hydrogen-bond acceptors (Lipinski definition) is 2. The zero-order chi connectivity index (χ0) is 7.84. The molecule has 0 aromatic carbocycles. The highest BCUT2D eigenvalue weighted by molar-refractivity contribution is 7.08. The van der Waals surface area contributed by atoms with E-state index in [-0.39, 0.29) is 5.91 Å². The monoisotopic (exact) mass is 167 g/mol. The van der Waals surface area contributed by atoms with Gasteiger partial charge in [0.05, 0.1) is 5.56 Å². The van der Waals surface area contributed by atoms with Crippen LogP contribution < -0.4 is 0 Å². The number of rotatable bonds is 0. The van der Waals surface area contributed by atoms with Gasteiger partial charge in [0, 0.05) is 19.0 Å². The number of fused-ring (bicyclic) bond motifs is 1. The van der Waals surface area contributed by atoms with Gasteiger partial charge in [-0.2, -0.15) is 11.3 Å². The Balaban J connectivity index is 2.46. The van der Waals surface area contributed by atoms with Crippen LogP contribution in [0.15, 0.2) is 10.8 Å². The lowest BCUT2D eigenvalue weighted by atomic mass is 10.1. The highest BCUT2D eigenvalue weighted by Gasteiger charge is 2.21. The van der Waals surface area contributed by atoms with E-state index < -0.39 is 0 Å². The lowest BCUT2D eigenvalue weighted by Crippen LogP contribution is -2.33. The molecular formula is C8H9NOS. The van der Waals surface area contributed by atoms with Crippen molar-refractivity contribution in [3.63, 3.8) is 0 Å². The van der Waals surface area contributed by atoms with Crippen LogP contribution >= 0.6 is 11.3 Å². The summed E-state index contributed by atoms with van der Waals surface area (Å²) in [7, 11) is 1.85. The summed E-state index contributed by atoms with van der Waals surface area (Å²) in [5.41, 5.74) is 2.13. The quantitative estimate of drug-likeness (QED) is 0.571. The fourth-order valence-electron chi connectivity index (χ4n) is 1.30. The molecule has 0 aliphatic carbocycles. The molecule has 11 heavy (non-hydrogen) atoms. The summed E-state index contributed by atoms with van der Waals surface area (Å²) < 4.78 is 0. The minimum Gasteiger partial charge on any atom is -0.341 e. The molecule has 2 heterocycles. The second kappa shape index (κ2) is 2.34. The van der Waals surface area contributed by atoms with E-state index in [2.05, 4.69) is 5.38 Å². The Labute approximate surface area is 69.4 Å². The van der Waals surface area contributed by atoms with Crippen molar-refractivity contribution in [3.8, 4) is 0 Å². The Kier molecular flexibility index (Phi) is 1.46. The molecule has 1 aromatic heterocycles. The summed E-state index contributed by atoms with van der Waals surface area (Å²) in [5.74, 6) is 0.174. The number of carbonyl (C=O) groups is 1. The second-order valence-corrected chi connectivity index (χ2v) is 3.53. The van der Waals surface area contributed by atoms with Gasteiger partial charge in [-0.3, -0.25) is 4.79 Å². The first-order valence-electron chi connectivity index (χ1n) is 3.59. The van der Waals surface area contributed by atoms with Crippen LogP contribution in [-0.4, -0.2) is 24.4 Å². The normalized spacial score (nSPS) is 16.8. The van der Waals surface area contributed by atoms with Gasteiger partial charge in [0.2, 0.25) is 0 Å². The van der Waals surface area contributed by atoms with E-state index >= 15 is 0 Å². The van der Waals surface area contributed by atoms with Crippen LogP contribution in [0, 0.1) is 0 Å². The van der Waals surface area contributed by atoms with E-state index in [0.717, 1.165) is 18.5 Å². The van der Waals surface area contributed by atoms with Gasteiger partial charge in [-0.25, -0.2) is 0 Å². The van der Waals surface area contributed by atoms with E-state index in [9.17, 15) is 4.79 Å². The third-order valence-corrected chi connectivity index (χ3v) is 2.83. The van der Waals surface area contributed by atoms with Crippen molar-refractivity contribution in [2.75, 3.05) is 13.6 Å². The number of likely N-dealkylation sites (N-methyl/N-ethyl adjacent to an activating group) is 1. The fourth-order valence-corrected chi connectivity index (χ4v) is 2.17. The molecule has 0 N–H and O–H groups in total. The van der Waals surface area contributed by atoms with Crippen LogP contribution in [0.2, 0.25) is 0 Å². The molecule has 1 aliphatic heterocycles. The predicted molar refractivity (Wildman–Crippen MR) is 45.0 cm³/mol. The van der Waals surface area contributed by atoms with E-state index in [1.165, 1.54) is 5.56 Å². The molecule has 0 atom stereocenters. The van der Waals surface area contributed by atoms with E-state index in [4.69, 9.17) is 0 Å². The van der Waals surface area contributed by atoms with Crippen LogP contribution in [0.4, 0.5) is 0 Å². The van der Waals surface area contributed by atoms with Gasteiger partial charge in [0.25, 0.3) is 5.91 Å². The number of amides is 1. The molecule has 2 rings (SSSR count). The zero-order valence-corrected chi connectivity index (χ0v) is 7.15. The molecule has 3 heteroatoms. The molecule has 1 aliphatic rings. The van der Waals surface area contributed by atoms with Crippen molar-refractivity contribution in [2.45, 2.75) is 6.42 Å². The SMILES string of the molecule is CN1CCc2cscc2C1=O. The standard InChI is InChI=1S/C8H9NOS/c1-9-3-2-6-4-11-5-7(6)8(9)10/h4-5H,2-3H2,1H3. The van der Waals surface area contributed by atoms with E-state index in [1.807, 2.05) is 12.4 Å². The van der Waals surface area contributed by atoms with Gasteiger partial charge in [0.1, 0.15) is 0 Å². The zero-order valence-electron chi connectivity index (χ0n) is 6.33. The Bertz CT molecular complexity index is 292. The van der Waals surface area contributed by atoms with Gasteiger partial charge in [-0.1, -0.05) is 0 Å². The summed E-state index contributed by atoms with van der Waals surface area (Å²) in [5, 5.41) is 4.01. The van der Waals surface area contributed by atoms with Crippen molar-refractivity contribution in [2.24, 2.45) is 0 Å². The number of thiophene rings is 1. The average molecular weight is 167 g/mol. The molecule has 0 bridgehead atoms. The molecule has 0 unspecified atom stereocenters. The summed E-state index contributed by atoms with van der Waals surface area (Å²) in [6, 6.07) is 0. The molecule has 58 valence electrons. The fraction of sp³-hybridized carbons (Fsp3) is 0.375. The third kappa shape index (κ3) is 0.959. The molecule has 0 fully saturated rings. The number of carbonyl (C=O) groups excluding carboxylic acids is 1. The maximum atomic E-state index is 11.4. The van der Waals surface area contributed by atoms with Crippen LogP contribution in [0.1, 0.15) is 15.9 Å². The van der Waals surface area contributed by atoms with Crippen LogP contribution in [0.5, 0.6) is 0 Å². The molecule has 0 saturated carbocycles. The van der Waals surface area contributed by atoms with Crippen LogP contribution in [0.25, 0.3) is 0 Å². The second-order valence-electron chi connectivity index (χ2n) is 2.79. The molecule has 1 aromatic rings. The Morgan fingerprint density at radius 1 is 1.55 bits per heavy atom. The highest BCUT2D eigenvalue weighted by Crippen LogP contribution is 2.21. The smallest absolute Gasteiger partial charge is 0.254 e.